The number of likely N-dealkylation sites (N-methyl/N-ethyl adjacent to an activating group) is 1. The third-order valence-corrected chi connectivity index (χ3v) is 3.57. The molecule has 1 saturated heterocycles. The molecule has 1 heterocycles. The molecule has 0 saturated carbocycles. The first kappa shape index (κ1) is 12.4. The van der Waals surface area contributed by atoms with Gasteiger partial charge in [0, 0.05) is 44.5 Å². The Morgan fingerprint density at radius 3 is 2.71 bits per heavy atom. The smallest absolute Gasteiger partial charge is 0.0340 e. The van der Waals surface area contributed by atoms with Crippen molar-refractivity contribution in [2.45, 2.75) is 13.0 Å². The summed E-state index contributed by atoms with van der Waals surface area (Å²) in [6, 6.07) is 11.1. The molecule has 1 atom stereocenters. The van der Waals surface area contributed by atoms with Crippen LogP contribution < -0.4 is 5.32 Å². The van der Waals surface area contributed by atoms with Crippen LogP contribution in [-0.2, 0) is 0 Å². The van der Waals surface area contributed by atoms with Crippen LogP contribution in [0.25, 0.3) is 0 Å². The zero-order valence-electron chi connectivity index (χ0n) is 10.9. The van der Waals surface area contributed by atoms with E-state index in [0.29, 0.717) is 6.04 Å². The van der Waals surface area contributed by atoms with Crippen LogP contribution in [0.2, 0.25) is 0 Å². The second kappa shape index (κ2) is 6.03. The number of rotatable bonds is 4. The minimum absolute atomic E-state index is 0.681. The molecule has 1 aromatic carbocycles. The van der Waals surface area contributed by atoms with E-state index in [2.05, 4.69) is 53.4 Å². The molecule has 0 aromatic heterocycles. The Morgan fingerprint density at radius 1 is 1.24 bits per heavy atom. The molecule has 3 nitrogen and oxygen atoms in total. The Balaban J connectivity index is 1.69. The maximum Gasteiger partial charge on any atom is 0.0340 e. The van der Waals surface area contributed by atoms with Gasteiger partial charge in [0.1, 0.15) is 0 Å². The van der Waals surface area contributed by atoms with E-state index in [-0.39, 0.29) is 0 Å². The van der Waals surface area contributed by atoms with Crippen molar-refractivity contribution in [2.75, 3.05) is 45.1 Å². The summed E-state index contributed by atoms with van der Waals surface area (Å²) < 4.78 is 0. The normalized spacial score (nSPS) is 22.6. The molecule has 1 aromatic rings. The molecule has 1 N–H and O–H groups in total. The van der Waals surface area contributed by atoms with E-state index in [4.69, 9.17) is 0 Å². The van der Waals surface area contributed by atoms with Crippen LogP contribution in [0.1, 0.15) is 6.92 Å². The fourth-order valence-electron chi connectivity index (χ4n) is 2.24. The van der Waals surface area contributed by atoms with E-state index in [0.717, 1.165) is 13.1 Å². The van der Waals surface area contributed by atoms with Crippen LogP contribution in [-0.4, -0.2) is 55.6 Å². The average molecular weight is 233 g/mol. The van der Waals surface area contributed by atoms with Gasteiger partial charge >= 0.3 is 0 Å². The highest BCUT2D eigenvalue weighted by Crippen LogP contribution is 2.07. The lowest BCUT2D eigenvalue weighted by atomic mass is 10.2. The predicted octanol–water partition coefficient (Wildman–Crippen LogP) is 1.73. The maximum absolute atomic E-state index is 3.46. The molecule has 0 bridgehead atoms. The van der Waals surface area contributed by atoms with Crippen molar-refractivity contribution >= 4 is 5.69 Å². The number of para-hydroxylation sites is 1. The van der Waals surface area contributed by atoms with Crippen LogP contribution in [0.15, 0.2) is 30.3 Å². The van der Waals surface area contributed by atoms with Crippen LogP contribution in [0.3, 0.4) is 0 Å². The van der Waals surface area contributed by atoms with Crippen LogP contribution in [0, 0.1) is 0 Å². The van der Waals surface area contributed by atoms with Gasteiger partial charge in [-0.05, 0) is 26.1 Å². The van der Waals surface area contributed by atoms with Crippen molar-refractivity contribution < 1.29 is 0 Å². The summed E-state index contributed by atoms with van der Waals surface area (Å²) in [7, 11) is 2.21. The van der Waals surface area contributed by atoms with Gasteiger partial charge in [-0.15, -0.1) is 0 Å². The third kappa shape index (κ3) is 3.72. The standard InChI is InChI=1S/C14H23N3/c1-13-12-17(11-10-16(13)2)9-8-15-14-6-4-3-5-7-14/h3-7,13,15H,8-12H2,1-2H3. The first-order valence-electron chi connectivity index (χ1n) is 6.47. The lowest BCUT2D eigenvalue weighted by Gasteiger charge is -2.37. The number of piperazine rings is 1. The molecule has 1 fully saturated rings. The highest BCUT2D eigenvalue weighted by atomic mass is 15.3. The lowest BCUT2D eigenvalue weighted by molar-refractivity contribution is 0.108. The summed E-state index contributed by atoms with van der Waals surface area (Å²) in [5.41, 5.74) is 1.22. The van der Waals surface area contributed by atoms with Crippen molar-refractivity contribution in [1.29, 1.82) is 0 Å². The minimum Gasteiger partial charge on any atom is -0.384 e. The molecule has 1 aliphatic heterocycles. The van der Waals surface area contributed by atoms with Gasteiger partial charge in [0.25, 0.3) is 0 Å². The summed E-state index contributed by atoms with van der Waals surface area (Å²) in [5.74, 6) is 0. The Morgan fingerprint density at radius 2 is 2.00 bits per heavy atom. The summed E-state index contributed by atoms with van der Waals surface area (Å²) in [6.07, 6.45) is 0. The summed E-state index contributed by atoms with van der Waals surface area (Å²) in [6.45, 7) is 8.03. The van der Waals surface area contributed by atoms with Gasteiger partial charge in [-0.1, -0.05) is 18.2 Å². The van der Waals surface area contributed by atoms with Crippen molar-refractivity contribution in [3.05, 3.63) is 30.3 Å². The van der Waals surface area contributed by atoms with Crippen LogP contribution in [0.4, 0.5) is 5.69 Å². The molecule has 1 aliphatic rings. The van der Waals surface area contributed by atoms with Gasteiger partial charge in [0.15, 0.2) is 0 Å². The number of hydrogen-bond acceptors (Lipinski definition) is 3. The summed E-state index contributed by atoms with van der Waals surface area (Å²) >= 11 is 0. The molecular weight excluding hydrogens is 210 g/mol. The molecule has 2 rings (SSSR count). The van der Waals surface area contributed by atoms with E-state index < -0.39 is 0 Å². The highest BCUT2D eigenvalue weighted by molar-refractivity contribution is 5.42. The van der Waals surface area contributed by atoms with Gasteiger partial charge in [-0.25, -0.2) is 0 Å². The van der Waals surface area contributed by atoms with Crippen molar-refractivity contribution in [2.24, 2.45) is 0 Å². The minimum atomic E-state index is 0.681. The first-order valence-corrected chi connectivity index (χ1v) is 6.47. The quantitative estimate of drug-likeness (QED) is 0.854. The van der Waals surface area contributed by atoms with Gasteiger partial charge in [0.2, 0.25) is 0 Å². The van der Waals surface area contributed by atoms with E-state index in [1.807, 2.05) is 6.07 Å². The Bertz CT molecular complexity index is 325. The van der Waals surface area contributed by atoms with Gasteiger partial charge in [0.05, 0.1) is 0 Å². The molecule has 0 spiro atoms. The zero-order chi connectivity index (χ0) is 12.1. The Hall–Kier alpha value is -1.06. The number of hydrogen-bond donors (Lipinski definition) is 1. The second-order valence-corrected chi connectivity index (χ2v) is 4.92. The predicted molar refractivity (Wildman–Crippen MR) is 73.5 cm³/mol. The van der Waals surface area contributed by atoms with Gasteiger partial charge < -0.3 is 10.2 Å². The largest absolute Gasteiger partial charge is 0.384 e. The molecule has 3 heteroatoms. The number of nitrogens with one attached hydrogen (secondary N) is 1. The van der Waals surface area contributed by atoms with Gasteiger partial charge in [-0.2, -0.15) is 0 Å². The molecule has 94 valence electrons. The van der Waals surface area contributed by atoms with Crippen molar-refractivity contribution in [1.82, 2.24) is 9.80 Å². The third-order valence-electron chi connectivity index (χ3n) is 3.57. The molecule has 0 radical (unpaired) electrons. The Labute approximate surface area is 104 Å². The van der Waals surface area contributed by atoms with E-state index in [9.17, 15) is 0 Å². The first-order chi connectivity index (χ1) is 8.25. The Kier molecular flexibility index (Phi) is 4.40. The van der Waals surface area contributed by atoms with E-state index in [1.54, 1.807) is 0 Å². The van der Waals surface area contributed by atoms with E-state index in [1.165, 1.54) is 25.3 Å². The zero-order valence-corrected chi connectivity index (χ0v) is 10.9. The van der Waals surface area contributed by atoms with Crippen molar-refractivity contribution in [3.8, 4) is 0 Å². The lowest BCUT2D eigenvalue weighted by Crippen LogP contribution is -2.50. The summed E-state index contributed by atoms with van der Waals surface area (Å²) in [5, 5.41) is 3.46. The topological polar surface area (TPSA) is 18.5 Å². The second-order valence-electron chi connectivity index (χ2n) is 4.92. The van der Waals surface area contributed by atoms with Crippen LogP contribution >= 0.6 is 0 Å². The SMILES string of the molecule is CC1CN(CCNc2ccccc2)CCN1C. The number of benzene rings is 1. The van der Waals surface area contributed by atoms with Gasteiger partial charge in [-0.3, -0.25) is 4.90 Å². The number of nitrogens with zero attached hydrogens (tertiary/aromatic N) is 2. The monoisotopic (exact) mass is 233 g/mol. The number of anilines is 1. The molecular formula is C14H23N3. The maximum atomic E-state index is 3.46. The fourth-order valence-corrected chi connectivity index (χ4v) is 2.24. The van der Waals surface area contributed by atoms with E-state index >= 15 is 0 Å². The molecule has 0 amide bonds. The highest BCUT2D eigenvalue weighted by Gasteiger charge is 2.19. The fraction of sp³-hybridized carbons (Fsp3) is 0.571. The molecule has 1 unspecified atom stereocenters. The molecule has 17 heavy (non-hydrogen) atoms. The molecule has 0 aliphatic carbocycles. The van der Waals surface area contributed by atoms with Crippen LogP contribution in [0.5, 0.6) is 0 Å². The average Bonchev–Trinajstić information content (AvgIpc) is 2.35. The van der Waals surface area contributed by atoms with Crippen molar-refractivity contribution in [3.63, 3.8) is 0 Å². The summed E-state index contributed by atoms with van der Waals surface area (Å²) in [4.78, 5) is 4.97.